The zero-order valence-corrected chi connectivity index (χ0v) is 27.9. The summed E-state index contributed by atoms with van der Waals surface area (Å²) in [5, 5.41) is 7.19. The molecule has 4 N–H and O–H groups in total. The number of pyridine rings is 1. The lowest BCUT2D eigenvalue weighted by Gasteiger charge is -2.32. The zero-order chi connectivity index (χ0) is 32.5. The molecule has 9 heteroatoms. The predicted molar refractivity (Wildman–Crippen MR) is 187 cm³/mol. The van der Waals surface area contributed by atoms with Gasteiger partial charge in [0, 0.05) is 31.4 Å². The van der Waals surface area contributed by atoms with Crippen LogP contribution in [0.1, 0.15) is 75.7 Å². The molecular weight excluding hydrogens is 574 g/mol. The highest BCUT2D eigenvalue weighted by Gasteiger charge is 2.24. The van der Waals surface area contributed by atoms with E-state index in [1.807, 2.05) is 19.2 Å². The monoisotopic (exact) mass is 625 g/mol. The summed E-state index contributed by atoms with van der Waals surface area (Å²) in [7, 11) is 1.81. The van der Waals surface area contributed by atoms with Crippen molar-refractivity contribution < 1.29 is 9.59 Å². The second kappa shape index (κ2) is 16.1. The van der Waals surface area contributed by atoms with E-state index in [-0.39, 0.29) is 17.7 Å². The summed E-state index contributed by atoms with van der Waals surface area (Å²) in [6.07, 6.45) is 8.45. The van der Waals surface area contributed by atoms with Gasteiger partial charge in [-0.15, -0.1) is 0 Å². The number of ketones is 1. The number of nitrogens with two attached hydrogens (primary N) is 1. The number of likely N-dealkylation sites (N-methyl/N-ethyl adjacent to an activating group) is 1. The number of benzene rings is 2. The number of imidazole rings is 1. The maximum atomic E-state index is 12.4. The fraction of sp³-hybridized carbons (Fsp3) is 0.514. The molecule has 1 aliphatic rings. The van der Waals surface area contributed by atoms with Crippen molar-refractivity contribution in [2.75, 3.05) is 32.4 Å². The van der Waals surface area contributed by atoms with Crippen LogP contribution in [0.15, 0.2) is 48.5 Å². The first-order chi connectivity index (χ1) is 22.4. The summed E-state index contributed by atoms with van der Waals surface area (Å²) in [6, 6.07) is 16.7. The van der Waals surface area contributed by atoms with Crippen molar-refractivity contribution in [3.8, 4) is 0 Å². The molecule has 3 heterocycles. The fourth-order valence-corrected chi connectivity index (χ4v) is 6.73. The van der Waals surface area contributed by atoms with Crippen molar-refractivity contribution in [3.05, 3.63) is 65.5 Å². The maximum Gasteiger partial charge on any atom is 0.224 e. The standard InChI is InChI=1S/C37H51N7O2/c1-4-5-13-33-42-35-36(30-10-6-7-12-32(30)41-37(35)38)44(33)25-29-18-21-43(22-19-29)24-28-16-14-27(15-17-28)23-34(46)40-20-9-8-11-31(39-3)26(2)45/h6-7,10,12,14-17,29,31,39H,4-5,8-9,11,13,18-25H2,1-3H3,(H2,38,41)(H,40,46). The number of carbonyl (C=O) groups is 2. The van der Waals surface area contributed by atoms with Crippen LogP contribution in [0.5, 0.6) is 0 Å². The average molecular weight is 626 g/mol. The van der Waals surface area contributed by atoms with Gasteiger partial charge in [-0.25, -0.2) is 9.97 Å². The largest absolute Gasteiger partial charge is 0.382 e. The number of hydrogen-bond acceptors (Lipinski definition) is 7. The smallest absolute Gasteiger partial charge is 0.224 e. The predicted octanol–water partition coefficient (Wildman–Crippen LogP) is 5.43. The van der Waals surface area contributed by atoms with Crippen LogP contribution in [0.25, 0.3) is 21.9 Å². The number of anilines is 1. The van der Waals surface area contributed by atoms with E-state index in [9.17, 15) is 9.59 Å². The minimum atomic E-state index is -0.0912. The number of likely N-dealkylation sites (tertiary alicyclic amines) is 1. The highest BCUT2D eigenvalue weighted by Crippen LogP contribution is 2.31. The number of piperidine rings is 1. The number of rotatable bonds is 16. The first kappa shape index (κ1) is 33.5. The van der Waals surface area contributed by atoms with E-state index in [1.54, 1.807) is 6.92 Å². The molecule has 2 aromatic carbocycles. The van der Waals surface area contributed by atoms with Crippen molar-refractivity contribution in [1.29, 1.82) is 0 Å². The number of Topliss-reactive ketones (excluding diaryl/α,β-unsaturated/α-hetero) is 1. The Bertz CT molecular complexity index is 1610. The van der Waals surface area contributed by atoms with E-state index in [4.69, 9.17) is 10.7 Å². The second-order valence-electron chi connectivity index (χ2n) is 13.0. The Hall–Kier alpha value is -3.82. The van der Waals surface area contributed by atoms with Crippen LogP contribution in [0.2, 0.25) is 0 Å². The fourth-order valence-electron chi connectivity index (χ4n) is 6.73. The molecule has 5 rings (SSSR count). The Morgan fingerprint density at radius 3 is 2.46 bits per heavy atom. The molecule has 246 valence electrons. The number of unbranched alkanes of at least 4 members (excludes halogenated alkanes) is 2. The Morgan fingerprint density at radius 1 is 1.00 bits per heavy atom. The van der Waals surface area contributed by atoms with Crippen molar-refractivity contribution in [1.82, 2.24) is 30.1 Å². The van der Waals surface area contributed by atoms with Gasteiger partial charge in [0.1, 0.15) is 17.1 Å². The van der Waals surface area contributed by atoms with Crippen LogP contribution in [-0.2, 0) is 35.5 Å². The van der Waals surface area contributed by atoms with Gasteiger partial charge < -0.3 is 20.9 Å². The van der Waals surface area contributed by atoms with Crippen LogP contribution in [0, 0.1) is 5.92 Å². The third kappa shape index (κ3) is 8.50. The highest BCUT2D eigenvalue weighted by molar-refractivity contribution is 6.06. The number of hydrogen-bond donors (Lipinski definition) is 3. The van der Waals surface area contributed by atoms with Crippen LogP contribution in [0.3, 0.4) is 0 Å². The van der Waals surface area contributed by atoms with Gasteiger partial charge in [0.05, 0.1) is 23.5 Å². The number of amides is 1. The number of nitrogens with one attached hydrogen (secondary N) is 2. The van der Waals surface area contributed by atoms with Gasteiger partial charge in [0.2, 0.25) is 5.91 Å². The number of carbonyl (C=O) groups excluding carboxylic acids is 2. The minimum Gasteiger partial charge on any atom is -0.382 e. The van der Waals surface area contributed by atoms with E-state index < -0.39 is 0 Å². The molecule has 0 spiro atoms. The molecule has 0 radical (unpaired) electrons. The number of para-hydroxylation sites is 1. The lowest BCUT2D eigenvalue weighted by Crippen LogP contribution is -2.34. The van der Waals surface area contributed by atoms with Crippen LogP contribution in [0.4, 0.5) is 5.82 Å². The van der Waals surface area contributed by atoms with Crippen molar-refractivity contribution >= 4 is 39.4 Å². The first-order valence-corrected chi connectivity index (χ1v) is 17.1. The molecule has 1 atom stereocenters. The molecule has 2 aromatic heterocycles. The second-order valence-corrected chi connectivity index (χ2v) is 13.0. The van der Waals surface area contributed by atoms with Gasteiger partial charge in [-0.05, 0) is 88.7 Å². The van der Waals surface area contributed by atoms with Crippen LogP contribution >= 0.6 is 0 Å². The quantitative estimate of drug-likeness (QED) is 0.142. The zero-order valence-electron chi connectivity index (χ0n) is 27.9. The number of fused-ring (bicyclic) bond motifs is 3. The van der Waals surface area contributed by atoms with E-state index in [0.29, 0.717) is 24.7 Å². The lowest BCUT2D eigenvalue weighted by atomic mass is 9.96. The van der Waals surface area contributed by atoms with E-state index >= 15 is 0 Å². The third-order valence-corrected chi connectivity index (χ3v) is 9.47. The molecule has 4 aromatic rings. The summed E-state index contributed by atoms with van der Waals surface area (Å²) < 4.78 is 2.45. The normalized spacial score (nSPS) is 15.0. The highest BCUT2D eigenvalue weighted by atomic mass is 16.1. The molecule has 1 aliphatic heterocycles. The summed E-state index contributed by atoms with van der Waals surface area (Å²) in [5.41, 5.74) is 11.6. The third-order valence-electron chi connectivity index (χ3n) is 9.47. The van der Waals surface area contributed by atoms with Crippen molar-refractivity contribution in [2.45, 2.75) is 90.8 Å². The minimum absolute atomic E-state index is 0.0435. The van der Waals surface area contributed by atoms with E-state index in [0.717, 1.165) is 111 Å². The van der Waals surface area contributed by atoms with Gasteiger partial charge in [-0.3, -0.25) is 14.5 Å². The topological polar surface area (TPSA) is 118 Å². The van der Waals surface area contributed by atoms with Gasteiger partial charge in [0.15, 0.2) is 5.82 Å². The molecule has 46 heavy (non-hydrogen) atoms. The van der Waals surface area contributed by atoms with Gasteiger partial charge in [-0.2, -0.15) is 0 Å². The molecule has 0 bridgehead atoms. The number of aryl methyl sites for hydroxylation is 1. The van der Waals surface area contributed by atoms with E-state index in [2.05, 4.69) is 68.4 Å². The summed E-state index contributed by atoms with van der Waals surface area (Å²) in [5.74, 6) is 2.44. The molecule has 1 saturated heterocycles. The lowest BCUT2D eigenvalue weighted by molar-refractivity contribution is -0.121. The molecular formula is C37H51N7O2. The Kier molecular flexibility index (Phi) is 11.8. The summed E-state index contributed by atoms with van der Waals surface area (Å²) in [4.78, 5) is 36.2. The van der Waals surface area contributed by atoms with Crippen LogP contribution in [-0.4, -0.2) is 63.8 Å². The Morgan fingerprint density at radius 2 is 1.74 bits per heavy atom. The molecule has 1 fully saturated rings. The molecule has 0 saturated carbocycles. The molecule has 9 nitrogen and oxygen atoms in total. The van der Waals surface area contributed by atoms with Gasteiger partial charge in [0.25, 0.3) is 0 Å². The van der Waals surface area contributed by atoms with Crippen molar-refractivity contribution in [3.63, 3.8) is 0 Å². The summed E-state index contributed by atoms with van der Waals surface area (Å²) >= 11 is 0. The van der Waals surface area contributed by atoms with Gasteiger partial charge >= 0.3 is 0 Å². The summed E-state index contributed by atoms with van der Waals surface area (Å²) in [6.45, 7) is 8.50. The van der Waals surface area contributed by atoms with Gasteiger partial charge in [-0.1, -0.05) is 55.8 Å². The number of nitrogen functional groups attached to an aromatic ring is 1. The molecule has 1 unspecified atom stereocenters. The Balaban J connectivity index is 1.11. The van der Waals surface area contributed by atoms with E-state index in [1.165, 1.54) is 5.56 Å². The van der Waals surface area contributed by atoms with Crippen molar-refractivity contribution in [2.24, 2.45) is 5.92 Å². The first-order valence-electron chi connectivity index (χ1n) is 17.1. The maximum absolute atomic E-state index is 12.4. The molecule has 1 amide bonds. The number of nitrogens with zero attached hydrogens (tertiary/aromatic N) is 4. The SMILES string of the molecule is CCCCc1nc2c(N)nc3ccccc3c2n1CC1CCN(Cc2ccc(CC(=O)NCCCCC(NC)C(C)=O)cc2)CC1. The van der Waals surface area contributed by atoms with Crippen LogP contribution < -0.4 is 16.4 Å². The average Bonchev–Trinajstić information content (AvgIpc) is 3.42. The molecule has 0 aliphatic carbocycles. The number of aromatic nitrogens is 3. The Labute approximate surface area is 273 Å².